The molecule has 0 spiro atoms. The molecule has 3 rings (SSSR count). The number of carbonyl (C=O) groups excluding carboxylic acids is 2. The number of nitrogens with one attached hydrogen (secondary N) is 1. The van der Waals surface area contributed by atoms with Crippen LogP contribution in [0.5, 0.6) is 5.75 Å². The Kier molecular flexibility index (Phi) is 4.57. The summed E-state index contributed by atoms with van der Waals surface area (Å²) in [5, 5.41) is 13.5. The molecule has 0 bridgehead atoms. The number of fused-ring (bicyclic) bond motifs is 1. The third-order valence-corrected chi connectivity index (χ3v) is 4.20. The van der Waals surface area contributed by atoms with E-state index in [-0.39, 0.29) is 24.0 Å². The molecule has 134 valence electrons. The van der Waals surface area contributed by atoms with Crippen molar-refractivity contribution in [3.8, 4) is 5.75 Å². The van der Waals surface area contributed by atoms with E-state index in [4.69, 9.17) is 4.74 Å². The normalized spacial score (nSPS) is 15.6. The number of hydrogen-bond donors (Lipinski definition) is 1. The summed E-state index contributed by atoms with van der Waals surface area (Å²) in [5.41, 5.74) is 1.20. The van der Waals surface area contributed by atoms with Gasteiger partial charge in [0, 0.05) is 24.2 Å². The average Bonchev–Trinajstić information content (AvgIpc) is 2.65. The van der Waals surface area contributed by atoms with Crippen molar-refractivity contribution >= 4 is 23.2 Å². The van der Waals surface area contributed by atoms with E-state index >= 15 is 0 Å². The van der Waals surface area contributed by atoms with E-state index in [1.165, 1.54) is 30.1 Å². The topological polar surface area (TPSA) is 102 Å². The van der Waals surface area contributed by atoms with Crippen molar-refractivity contribution < 1.29 is 19.2 Å². The summed E-state index contributed by atoms with van der Waals surface area (Å²) in [4.78, 5) is 37.0. The molecule has 0 radical (unpaired) electrons. The fourth-order valence-electron chi connectivity index (χ4n) is 2.87. The Balaban J connectivity index is 1.98. The second-order valence-electron chi connectivity index (χ2n) is 5.86. The van der Waals surface area contributed by atoms with Crippen LogP contribution >= 0.6 is 0 Å². The Morgan fingerprint density at radius 2 is 2.00 bits per heavy atom. The largest absolute Gasteiger partial charge is 0.477 e. The standard InChI is InChI=1S/C18H17N3O5/c1-11-9-12(7-8-13(11)21(24)25)18(23)20-10-16(17(22)19-2)26-15-6-4-3-5-14(15)20/h3-9,16H,10H2,1-2H3,(H,19,22)/t16-/m0/s1. The lowest BCUT2D eigenvalue weighted by Crippen LogP contribution is -2.50. The van der Waals surface area contributed by atoms with Gasteiger partial charge in [0.2, 0.25) is 0 Å². The summed E-state index contributed by atoms with van der Waals surface area (Å²) in [6.45, 7) is 1.63. The van der Waals surface area contributed by atoms with Gasteiger partial charge in [-0.1, -0.05) is 12.1 Å². The van der Waals surface area contributed by atoms with E-state index in [1.54, 1.807) is 31.2 Å². The first-order valence-electron chi connectivity index (χ1n) is 7.96. The first-order chi connectivity index (χ1) is 12.4. The lowest BCUT2D eigenvalue weighted by Gasteiger charge is -2.34. The number of rotatable bonds is 3. The highest BCUT2D eigenvalue weighted by molar-refractivity contribution is 6.08. The number of benzene rings is 2. The van der Waals surface area contributed by atoms with Crippen LogP contribution < -0.4 is 15.0 Å². The van der Waals surface area contributed by atoms with Gasteiger partial charge in [-0.05, 0) is 31.2 Å². The molecule has 1 atom stereocenters. The second-order valence-corrected chi connectivity index (χ2v) is 5.86. The molecular formula is C18H17N3O5. The maximum Gasteiger partial charge on any atom is 0.272 e. The van der Waals surface area contributed by atoms with Crippen molar-refractivity contribution in [2.24, 2.45) is 0 Å². The molecule has 8 heteroatoms. The minimum absolute atomic E-state index is 0.0472. The highest BCUT2D eigenvalue weighted by Crippen LogP contribution is 2.34. The van der Waals surface area contributed by atoms with Crippen molar-refractivity contribution in [3.63, 3.8) is 0 Å². The van der Waals surface area contributed by atoms with Gasteiger partial charge in [-0.3, -0.25) is 19.7 Å². The number of carbonyl (C=O) groups is 2. The molecule has 2 aromatic rings. The fraction of sp³-hybridized carbons (Fsp3) is 0.222. The lowest BCUT2D eigenvalue weighted by atomic mass is 10.1. The molecule has 0 aliphatic carbocycles. The molecule has 0 saturated carbocycles. The Morgan fingerprint density at radius 1 is 1.27 bits per heavy atom. The molecule has 0 aromatic heterocycles. The molecule has 1 aliphatic heterocycles. The summed E-state index contributed by atoms with van der Waals surface area (Å²) in [6, 6.07) is 11.1. The quantitative estimate of drug-likeness (QED) is 0.671. The van der Waals surface area contributed by atoms with Gasteiger partial charge in [-0.2, -0.15) is 0 Å². The zero-order valence-electron chi connectivity index (χ0n) is 14.3. The van der Waals surface area contributed by atoms with E-state index in [2.05, 4.69) is 5.32 Å². The van der Waals surface area contributed by atoms with Crippen LogP contribution in [-0.2, 0) is 4.79 Å². The predicted molar refractivity (Wildman–Crippen MR) is 94.4 cm³/mol. The van der Waals surface area contributed by atoms with Crippen molar-refractivity contribution in [2.75, 3.05) is 18.5 Å². The minimum atomic E-state index is -0.835. The molecule has 8 nitrogen and oxygen atoms in total. The van der Waals surface area contributed by atoms with Gasteiger partial charge in [0.05, 0.1) is 17.2 Å². The smallest absolute Gasteiger partial charge is 0.272 e. The van der Waals surface area contributed by atoms with E-state index in [0.717, 1.165) is 0 Å². The molecular weight excluding hydrogens is 338 g/mol. The summed E-state index contributed by atoms with van der Waals surface area (Å²) in [6.07, 6.45) is -0.835. The van der Waals surface area contributed by atoms with Gasteiger partial charge < -0.3 is 15.0 Å². The van der Waals surface area contributed by atoms with Crippen LogP contribution in [0.15, 0.2) is 42.5 Å². The van der Waals surface area contributed by atoms with Crippen LogP contribution in [0.2, 0.25) is 0 Å². The molecule has 0 fully saturated rings. The van der Waals surface area contributed by atoms with Gasteiger partial charge in [-0.15, -0.1) is 0 Å². The Labute approximate surface area is 149 Å². The number of ether oxygens (including phenoxy) is 1. The van der Waals surface area contributed by atoms with E-state index in [1.807, 2.05) is 0 Å². The third-order valence-electron chi connectivity index (χ3n) is 4.20. The van der Waals surface area contributed by atoms with E-state index < -0.39 is 11.0 Å². The molecule has 1 aliphatic rings. The number of nitro groups is 1. The molecule has 26 heavy (non-hydrogen) atoms. The van der Waals surface area contributed by atoms with Gasteiger partial charge in [0.15, 0.2) is 6.10 Å². The number of aryl methyl sites for hydroxylation is 1. The molecule has 2 amide bonds. The number of anilines is 1. The van der Waals surface area contributed by atoms with E-state index in [0.29, 0.717) is 22.6 Å². The highest BCUT2D eigenvalue weighted by Gasteiger charge is 2.34. The Bertz CT molecular complexity index is 896. The molecule has 1 N–H and O–H groups in total. The summed E-state index contributed by atoms with van der Waals surface area (Å²) >= 11 is 0. The highest BCUT2D eigenvalue weighted by atomic mass is 16.6. The first-order valence-corrected chi connectivity index (χ1v) is 7.96. The number of hydrogen-bond acceptors (Lipinski definition) is 5. The average molecular weight is 355 g/mol. The second kappa shape index (κ2) is 6.83. The van der Waals surface area contributed by atoms with Gasteiger partial charge >= 0.3 is 0 Å². The van der Waals surface area contributed by atoms with Crippen LogP contribution in [0.4, 0.5) is 11.4 Å². The number of nitro benzene ring substituents is 1. The number of nitrogens with zero attached hydrogens (tertiary/aromatic N) is 2. The Hall–Kier alpha value is -3.42. The van der Waals surface area contributed by atoms with Crippen LogP contribution in [0, 0.1) is 17.0 Å². The zero-order chi connectivity index (χ0) is 18.8. The van der Waals surface area contributed by atoms with Gasteiger partial charge in [0.1, 0.15) is 5.75 Å². The molecule has 0 saturated heterocycles. The molecule has 0 unspecified atom stereocenters. The van der Waals surface area contributed by atoms with Crippen molar-refractivity contribution in [1.29, 1.82) is 0 Å². The lowest BCUT2D eigenvalue weighted by molar-refractivity contribution is -0.385. The third kappa shape index (κ3) is 3.08. The molecule has 1 heterocycles. The fourth-order valence-corrected chi connectivity index (χ4v) is 2.87. The predicted octanol–water partition coefficient (Wildman–Crippen LogP) is 2.06. The monoisotopic (exact) mass is 355 g/mol. The summed E-state index contributed by atoms with van der Waals surface area (Å²) in [7, 11) is 1.50. The maximum absolute atomic E-state index is 13.0. The number of amides is 2. The van der Waals surface area contributed by atoms with Gasteiger partial charge in [0.25, 0.3) is 17.5 Å². The van der Waals surface area contributed by atoms with Crippen LogP contribution in [-0.4, -0.2) is 36.4 Å². The summed E-state index contributed by atoms with van der Waals surface area (Å²) < 4.78 is 5.68. The molecule has 2 aromatic carbocycles. The maximum atomic E-state index is 13.0. The Morgan fingerprint density at radius 3 is 2.65 bits per heavy atom. The van der Waals surface area contributed by atoms with Crippen molar-refractivity contribution in [2.45, 2.75) is 13.0 Å². The van der Waals surface area contributed by atoms with Crippen LogP contribution in [0.3, 0.4) is 0 Å². The number of likely N-dealkylation sites (N-methyl/N-ethyl adjacent to an activating group) is 1. The van der Waals surface area contributed by atoms with Crippen molar-refractivity contribution in [1.82, 2.24) is 5.32 Å². The van der Waals surface area contributed by atoms with Crippen LogP contribution in [0.25, 0.3) is 0 Å². The van der Waals surface area contributed by atoms with Crippen molar-refractivity contribution in [3.05, 3.63) is 63.7 Å². The van der Waals surface area contributed by atoms with E-state index in [9.17, 15) is 19.7 Å². The zero-order valence-corrected chi connectivity index (χ0v) is 14.3. The SMILES string of the molecule is CNC(=O)[C@@H]1CN(C(=O)c2ccc([N+](=O)[O-])c(C)c2)c2ccccc2O1. The minimum Gasteiger partial charge on any atom is -0.477 e. The van der Waals surface area contributed by atoms with Crippen LogP contribution in [0.1, 0.15) is 15.9 Å². The van der Waals surface area contributed by atoms with Gasteiger partial charge in [-0.25, -0.2) is 0 Å². The number of para-hydroxylation sites is 2. The summed E-state index contributed by atoms with van der Waals surface area (Å²) in [5.74, 6) is -0.260. The first kappa shape index (κ1) is 17.4.